The number of benzene rings is 5. The third kappa shape index (κ3) is 3.88. The van der Waals surface area contributed by atoms with Crippen LogP contribution in [0.25, 0.3) is 5.57 Å². The normalized spacial score (nSPS) is 17.0. The fourth-order valence-electron chi connectivity index (χ4n) is 5.69. The molecule has 36 heavy (non-hydrogen) atoms. The van der Waals surface area contributed by atoms with Crippen LogP contribution < -0.4 is 0 Å². The Bertz CT molecular complexity index is 1380. The van der Waals surface area contributed by atoms with Crippen molar-refractivity contribution < 1.29 is 5.11 Å². The lowest BCUT2D eigenvalue weighted by molar-refractivity contribution is 0.0584. The largest absolute Gasteiger partial charge is 0.380 e. The maximum absolute atomic E-state index is 12.8. The summed E-state index contributed by atoms with van der Waals surface area (Å²) in [6.45, 7) is 0. The molecule has 0 aliphatic heterocycles. The van der Waals surface area contributed by atoms with Gasteiger partial charge in [-0.05, 0) is 39.0 Å². The summed E-state index contributed by atoms with van der Waals surface area (Å²) in [4.78, 5) is 0. The predicted molar refractivity (Wildman–Crippen MR) is 147 cm³/mol. The zero-order valence-electron chi connectivity index (χ0n) is 20.0. The Morgan fingerprint density at radius 3 is 1.25 bits per heavy atom. The van der Waals surface area contributed by atoms with Crippen molar-refractivity contribution in [2.24, 2.45) is 5.92 Å². The molecular weight excluding hydrogens is 436 g/mol. The van der Waals surface area contributed by atoms with Crippen LogP contribution in [-0.4, -0.2) is 5.11 Å². The molecule has 5 aromatic rings. The summed E-state index contributed by atoms with van der Waals surface area (Å²) in [6.07, 6.45) is 0. The van der Waals surface area contributed by atoms with Crippen LogP contribution in [0.15, 0.2) is 157 Å². The lowest BCUT2D eigenvalue weighted by Crippen LogP contribution is -2.31. The lowest BCUT2D eigenvalue weighted by atomic mass is 9.80. The van der Waals surface area contributed by atoms with Gasteiger partial charge in [0.25, 0.3) is 0 Å². The van der Waals surface area contributed by atoms with E-state index in [-0.39, 0.29) is 11.8 Å². The predicted octanol–water partition coefficient (Wildman–Crippen LogP) is 7.84. The van der Waals surface area contributed by atoms with E-state index in [9.17, 15) is 5.11 Å². The highest BCUT2D eigenvalue weighted by atomic mass is 16.3. The topological polar surface area (TPSA) is 20.2 Å². The highest BCUT2D eigenvalue weighted by molar-refractivity contribution is 5.87. The summed E-state index contributed by atoms with van der Waals surface area (Å²) in [7, 11) is 0. The minimum Gasteiger partial charge on any atom is -0.380 e. The zero-order valence-corrected chi connectivity index (χ0v) is 20.0. The molecule has 1 aliphatic rings. The summed E-state index contributed by atoms with van der Waals surface area (Å²) in [6, 6.07) is 52.1. The smallest absolute Gasteiger partial charge is 0.122 e. The second-order valence-corrected chi connectivity index (χ2v) is 9.43. The number of hydrogen-bond acceptors (Lipinski definition) is 1. The lowest BCUT2D eigenvalue weighted by Gasteiger charge is -2.30. The fraction of sp³-hybridized carbons (Fsp3) is 0.0857. The maximum Gasteiger partial charge on any atom is 0.122 e. The Morgan fingerprint density at radius 1 is 0.472 bits per heavy atom. The van der Waals surface area contributed by atoms with Crippen molar-refractivity contribution in [3.05, 3.63) is 185 Å². The van der Waals surface area contributed by atoms with Gasteiger partial charge >= 0.3 is 0 Å². The molecule has 0 aromatic heterocycles. The summed E-state index contributed by atoms with van der Waals surface area (Å²) in [5, 5.41) is 12.8. The van der Waals surface area contributed by atoms with E-state index < -0.39 is 5.60 Å². The van der Waals surface area contributed by atoms with E-state index in [1.165, 1.54) is 27.8 Å². The van der Waals surface area contributed by atoms with Crippen molar-refractivity contribution in [2.45, 2.75) is 11.5 Å². The zero-order chi connectivity index (χ0) is 24.4. The van der Waals surface area contributed by atoms with Crippen LogP contribution >= 0.6 is 0 Å². The van der Waals surface area contributed by atoms with Crippen LogP contribution in [0.1, 0.15) is 33.7 Å². The summed E-state index contributed by atoms with van der Waals surface area (Å²) in [5.41, 5.74) is 6.71. The van der Waals surface area contributed by atoms with Crippen molar-refractivity contribution in [3.8, 4) is 0 Å². The van der Waals surface area contributed by atoms with Crippen molar-refractivity contribution in [2.75, 3.05) is 0 Å². The van der Waals surface area contributed by atoms with Crippen LogP contribution in [0.3, 0.4) is 0 Å². The first-order chi connectivity index (χ1) is 17.8. The average Bonchev–Trinajstić information content (AvgIpc) is 3.71. The molecule has 0 spiro atoms. The molecule has 2 atom stereocenters. The quantitative estimate of drug-likeness (QED) is 0.271. The highest BCUT2D eigenvalue weighted by Crippen LogP contribution is 2.66. The van der Waals surface area contributed by atoms with Crippen molar-refractivity contribution in [1.29, 1.82) is 0 Å². The van der Waals surface area contributed by atoms with Crippen LogP contribution in [-0.2, 0) is 5.60 Å². The Morgan fingerprint density at radius 2 is 0.833 bits per heavy atom. The first-order valence-electron chi connectivity index (χ1n) is 12.5. The summed E-state index contributed by atoms with van der Waals surface area (Å²) >= 11 is 0. The molecular formula is C35H28O. The van der Waals surface area contributed by atoms with Crippen molar-refractivity contribution >= 4 is 5.57 Å². The van der Waals surface area contributed by atoms with Crippen LogP contribution in [0.2, 0.25) is 0 Å². The van der Waals surface area contributed by atoms with Crippen LogP contribution in [0.4, 0.5) is 0 Å². The van der Waals surface area contributed by atoms with E-state index in [1.807, 2.05) is 36.4 Å². The third-order valence-electron chi connectivity index (χ3n) is 7.34. The van der Waals surface area contributed by atoms with Gasteiger partial charge in [-0.3, -0.25) is 0 Å². The Balaban J connectivity index is 1.65. The van der Waals surface area contributed by atoms with E-state index in [4.69, 9.17) is 0 Å². The van der Waals surface area contributed by atoms with Gasteiger partial charge in [-0.25, -0.2) is 0 Å². The molecule has 0 amide bonds. The molecule has 6 rings (SSSR count). The SMILES string of the molecule is OC(c1ccccc1)(c1ccccc1)[C@H]1C(=C(c2ccccc2)c2ccccc2)[C@@H]1c1ccccc1. The van der Waals surface area contributed by atoms with Crippen LogP contribution in [0, 0.1) is 5.92 Å². The molecule has 1 nitrogen and oxygen atoms in total. The van der Waals surface area contributed by atoms with Gasteiger partial charge in [0.05, 0.1) is 0 Å². The van der Waals surface area contributed by atoms with Gasteiger partial charge in [0, 0.05) is 11.8 Å². The standard InChI is InChI=1S/C35H28O/c36-35(29-22-12-4-13-23-29,30-24-14-5-15-25-30)34-32(28-20-10-3-11-21-28)33(34)31(26-16-6-1-7-17-26)27-18-8-2-9-19-27/h1-25,32,34,36H/t32-,34+/m0/s1. The summed E-state index contributed by atoms with van der Waals surface area (Å²) in [5.74, 6) is -0.0212. The van der Waals surface area contributed by atoms with E-state index >= 15 is 0 Å². The molecule has 1 saturated carbocycles. The van der Waals surface area contributed by atoms with Gasteiger partial charge in [0.1, 0.15) is 5.60 Å². The second kappa shape index (κ2) is 9.45. The second-order valence-electron chi connectivity index (χ2n) is 9.43. The fourth-order valence-corrected chi connectivity index (χ4v) is 5.69. The molecule has 0 saturated heterocycles. The monoisotopic (exact) mass is 464 g/mol. The first-order valence-corrected chi connectivity index (χ1v) is 12.5. The third-order valence-corrected chi connectivity index (χ3v) is 7.34. The first kappa shape index (κ1) is 22.3. The minimum atomic E-state index is -1.17. The maximum atomic E-state index is 12.8. The Labute approximate surface area is 213 Å². The molecule has 1 fully saturated rings. The van der Waals surface area contributed by atoms with Crippen LogP contribution in [0.5, 0.6) is 0 Å². The van der Waals surface area contributed by atoms with Gasteiger partial charge in [-0.1, -0.05) is 152 Å². The number of aliphatic hydroxyl groups is 1. The van der Waals surface area contributed by atoms with Gasteiger partial charge < -0.3 is 5.11 Å². The molecule has 0 bridgehead atoms. The number of hydrogen-bond donors (Lipinski definition) is 1. The molecule has 0 radical (unpaired) electrons. The average molecular weight is 465 g/mol. The molecule has 1 N–H and O–H groups in total. The van der Waals surface area contributed by atoms with E-state index in [0.717, 1.165) is 11.1 Å². The van der Waals surface area contributed by atoms with E-state index in [0.29, 0.717) is 0 Å². The van der Waals surface area contributed by atoms with Gasteiger partial charge in [0.2, 0.25) is 0 Å². The van der Waals surface area contributed by atoms with Gasteiger partial charge in [-0.2, -0.15) is 0 Å². The highest BCUT2D eigenvalue weighted by Gasteiger charge is 2.59. The van der Waals surface area contributed by atoms with Crippen molar-refractivity contribution in [1.82, 2.24) is 0 Å². The summed E-state index contributed by atoms with van der Waals surface area (Å²) < 4.78 is 0. The minimum absolute atomic E-state index is 0.0898. The molecule has 5 aromatic carbocycles. The number of rotatable bonds is 6. The van der Waals surface area contributed by atoms with E-state index in [2.05, 4.69) is 115 Å². The molecule has 0 heterocycles. The Hall–Kier alpha value is -4.20. The Kier molecular flexibility index (Phi) is 5.85. The molecule has 174 valence electrons. The van der Waals surface area contributed by atoms with Crippen molar-refractivity contribution in [3.63, 3.8) is 0 Å². The van der Waals surface area contributed by atoms with Gasteiger partial charge in [-0.15, -0.1) is 0 Å². The van der Waals surface area contributed by atoms with Gasteiger partial charge in [0.15, 0.2) is 0 Å². The van der Waals surface area contributed by atoms with E-state index in [1.54, 1.807) is 0 Å². The molecule has 0 unspecified atom stereocenters. The molecule has 1 aliphatic carbocycles. The molecule has 1 heteroatoms.